The highest BCUT2D eigenvalue weighted by Crippen LogP contribution is 2.15. The molecule has 0 bridgehead atoms. The second-order valence-corrected chi connectivity index (χ2v) is 2.96. The maximum absolute atomic E-state index is 11.8. The average molecular weight is 256 g/mol. The van der Waals surface area contributed by atoms with E-state index in [-0.39, 0.29) is 0 Å². The molecule has 0 saturated heterocycles. The Morgan fingerprint density at radius 3 is 2.24 bits per heavy atom. The predicted molar refractivity (Wildman–Crippen MR) is 44.2 cm³/mol. The van der Waals surface area contributed by atoms with Crippen molar-refractivity contribution in [3.8, 4) is 0 Å². The number of carbonyl (C=O) groups is 3. The van der Waals surface area contributed by atoms with E-state index < -0.39 is 42.9 Å². The van der Waals surface area contributed by atoms with Gasteiger partial charge in [-0.3, -0.25) is 9.59 Å². The summed E-state index contributed by atoms with van der Waals surface area (Å²) in [6.07, 6.45) is -6.19. The van der Waals surface area contributed by atoms with Crippen LogP contribution < -0.4 is 10.4 Å². The van der Waals surface area contributed by atoms with E-state index in [9.17, 15) is 32.7 Å². The summed E-state index contributed by atoms with van der Waals surface area (Å²) in [5, 5.41) is 11.6. The van der Waals surface area contributed by atoms with Crippen LogP contribution in [0.5, 0.6) is 0 Å². The lowest BCUT2D eigenvalue weighted by Crippen LogP contribution is -2.51. The Labute approximate surface area is 93.7 Å². The summed E-state index contributed by atoms with van der Waals surface area (Å²) in [6.45, 7) is 0. The van der Waals surface area contributed by atoms with Crippen LogP contribution in [0.25, 0.3) is 0 Å². The second kappa shape index (κ2) is 6.06. The minimum absolute atomic E-state index is 0.451. The molecule has 0 aliphatic heterocycles. The predicted octanol–water partition coefficient (Wildman–Crippen LogP) is -1.26. The third kappa shape index (κ3) is 5.73. The molecule has 0 rings (SSSR count). The number of alkyl halides is 3. The number of rotatable bonds is 5. The number of halogens is 3. The Kier molecular flexibility index (Phi) is 5.42. The summed E-state index contributed by atoms with van der Waals surface area (Å²) < 4.78 is 39.6. The third-order valence-corrected chi connectivity index (χ3v) is 1.71. The third-order valence-electron chi connectivity index (χ3n) is 1.71. The number of carboxylic acid groups (broad SMARTS) is 1. The van der Waals surface area contributed by atoms with Crippen LogP contribution in [0.4, 0.5) is 13.2 Å². The zero-order valence-electron chi connectivity index (χ0n) is 8.67. The van der Waals surface area contributed by atoms with Crippen molar-refractivity contribution in [2.45, 2.75) is 25.1 Å². The average Bonchev–Trinajstić information content (AvgIpc) is 2.21. The molecule has 1 atom stereocenters. The quantitative estimate of drug-likeness (QED) is 0.619. The smallest absolute Gasteiger partial charge is 0.471 e. The number of methoxy groups -OCH3 is 1. The summed E-state index contributed by atoms with van der Waals surface area (Å²) in [7, 11) is 1.03. The first-order valence-corrected chi connectivity index (χ1v) is 4.33. The van der Waals surface area contributed by atoms with Gasteiger partial charge in [0.15, 0.2) is 0 Å². The van der Waals surface area contributed by atoms with Gasteiger partial charge in [0.25, 0.3) is 0 Å². The Balaban J connectivity index is 4.41. The molecule has 0 aliphatic rings. The van der Waals surface area contributed by atoms with Crippen molar-refractivity contribution in [1.82, 2.24) is 5.32 Å². The fourth-order valence-electron chi connectivity index (χ4n) is 0.853. The van der Waals surface area contributed by atoms with Gasteiger partial charge in [-0.2, -0.15) is 13.2 Å². The number of esters is 1. The molecule has 1 amide bonds. The maximum atomic E-state index is 11.8. The normalized spacial score (nSPS) is 12.7. The first kappa shape index (κ1) is 15.2. The van der Waals surface area contributed by atoms with Gasteiger partial charge in [-0.25, -0.2) is 0 Å². The van der Waals surface area contributed by atoms with Gasteiger partial charge in [0.05, 0.1) is 19.1 Å². The monoisotopic (exact) mass is 256 g/mol. The minimum atomic E-state index is -5.20. The molecule has 0 aliphatic carbocycles. The number of carbonyl (C=O) groups excluding carboxylic acids is 3. The van der Waals surface area contributed by atoms with Crippen LogP contribution in [0.15, 0.2) is 0 Å². The largest absolute Gasteiger partial charge is 0.548 e. The maximum Gasteiger partial charge on any atom is 0.471 e. The molecule has 98 valence electrons. The topological polar surface area (TPSA) is 95.5 Å². The lowest BCUT2D eigenvalue weighted by atomic mass is 10.1. The number of amides is 1. The Morgan fingerprint density at radius 2 is 1.88 bits per heavy atom. The molecule has 6 nitrogen and oxygen atoms in total. The molecule has 0 aromatic heterocycles. The van der Waals surface area contributed by atoms with Crippen molar-refractivity contribution in [3.05, 3.63) is 0 Å². The first-order chi connectivity index (χ1) is 7.68. The molecular weight excluding hydrogens is 247 g/mol. The summed E-state index contributed by atoms with van der Waals surface area (Å²) in [5.41, 5.74) is 0. The Morgan fingerprint density at radius 1 is 1.35 bits per heavy atom. The lowest BCUT2D eigenvalue weighted by molar-refractivity contribution is -0.308. The van der Waals surface area contributed by atoms with Crippen LogP contribution in [-0.2, 0) is 19.1 Å². The van der Waals surface area contributed by atoms with Crippen LogP contribution in [0.2, 0.25) is 0 Å². The van der Waals surface area contributed by atoms with E-state index in [0.29, 0.717) is 0 Å². The Hall–Kier alpha value is -1.80. The fourth-order valence-corrected chi connectivity index (χ4v) is 0.853. The molecule has 0 aromatic carbocycles. The van der Waals surface area contributed by atoms with Crippen molar-refractivity contribution >= 4 is 17.8 Å². The summed E-state index contributed by atoms with van der Waals surface area (Å²) >= 11 is 0. The zero-order valence-corrected chi connectivity index (χ0v) is 8.67. The number of aliphatic carboxylic acids is 1. The Bertz CT molecular complexity index is 315. The summed E-state index contributed by atoms with van der Waals surface area (Å²) in [4.78, 5) is 31.5. The van der Waals surface area contributed by atoms with Crippen molar-refractivity contribution in [2.24, 2.45) is 0 Å². The first-order valence-electron chi connectivity index (χ1n) is 4.33. The number of hydrogen-bond acceptors (Lipinski definition) is 5. The van der Waals surface area contributed by atoms with E-state index in [2.05, 4.69) is 4.74 Å². The number of carboxylic acids is 1. The summed E-state index contributed by atoms with van der Waals surface area (Å²) in [5.74, 6) is -5.12. The van der Waals surface area contributed by atoms with Crippen molar-refractivity contribution in [2.75, 3.05) is 7.11 Å². The second-order valence-electron chi connectivity index (χ2n) is 2.96. The molecule has 1 N–H and O–H groups in total. The summed E-state index contributed by atoms with van der Waals surface area (Å²) in [6, 6.07) is -1.90. The molecule has 0 spiro atoms. The number of ether oxygens (including phenoxy) is 1. The van der Waals surface area contributed by atoms with Gasteiger partial charge < -0.3 is 20.0 Å². The van der Waals surface area contributed by atoms with Crippen LogP contribution in [0, 0.1) is 0 Å². The molecule has 17 heavy (non-hydrogen) atoms. The van der Waals surface area contributed by atoms with E-state index in [4.69, 9.17) is 0 Å². The number of hydrogen-bond donors (Lipinski definition) is 1. The molecule has 0 radical (unpaired) electrons. The highest BCUT2D eigenvalue weighted by Gasteiger charge is 2.39. The van der Waals surface area contributed by atoms with Crippen LogP contribution in [0.1, 0.15) is 12.8 Å². The van der Waals surface area contributed by atoms with Gasteiger partial charge in [0.1, 0.15) is 0 Å². The van der Waals surface area contributed by atoms with Gasteiger partial charge in [-0.05, 0) is 6.42 Å². The lowest BCUT2D eigenvalue weighted by Gasteiger charge is -2.19. The molecule has 0 fully saturated rings. The number of nitrogens with one attached hydrogen (secondary N) is 1. The van der Waals surface area contributed by atoms with Gasteiger partial charge in [-0.15, -0.1) is 0 Å². The molecule has 0 saturated carbocycles. The molecule has 0 aromatic rings. The van der Waals surface area contributed by atoms with Crippen LogP contribution >= 0.6 is 0 Å². The van der Waals surface area contributed by atoms with Crippen molar-refractivity contribution < 1.29 is 37.4 Å². The van der Waals surface area contributed by atoms with Crippen LogP contribution in [0.3, 0.4) is 0 Å². The minimum Gasteiger partial charge on any atom is -0.548 e. The fraction of sp³-hybridized carbons (Fsp3) is 0.625. The molecule has 9 heteroatoms. The van der Waals surface area contributed by atoms with Gasteiger partial charge >= 0.3 is 18.1 Å². The highest BCUT2D eigenvalue weighted by molar-refractivity contribution is 5.86. The molecular formula is C8H9F3NO5-. The van der Waals surface area contributed by atoms with E-state index in [1.807, 2.05) is 0 Å². The highest BCUT2D eigenvalue weighted by atomic mass is 19.4. The van der Waals surface area contributed by atoms with E-state index >= 15 is 0 Å². The molecule has 0 heterocycles. The van der Waals surface area contributed by atoms with Gasteiger partial charge in [-0.1, -0.05) is 0 Å². The van der Waals surface area contributed by atoms with E-state index in [1.54, 1.807) is 0 Å². The van der Waals surface area contributed by atoms with E-state index in [0.717, 1.165) is 7.11 Å². The molecule has 0 unspecified atom stereocenters. The van der Waals surface area contributed by atoms with Crippen molar-refractivity contribution in [1.29, 1.82) is 0 Å². The van der Waals surface area contributed by atoms with Gasteiger partial charge in [0.2, 0.25) is 0 Å². The van der Waals surface area contributed by atoms with Crippen LogP contribution in [-0.4, -0.2) is 37.2 Å². The van der Waals surface area contributed by atoms with E-state index in [1.165, 1.54) is 5.32 Å². The SMILES string of the molecule is COC(=O)CC[C@H](NC(=O)C(F)(F)F)C(=O)[O-]. The van der Waals surface area contributed by atoms with Gasteiger partial charge in [0, 0.05) is 6.42 Å². The standard InChI is InChI=1S/C8H10F3NO5/c1-17-5(13)3-2-4(6(14)15)12-7(16)8(9,10)11/h4H,2-3H2,1H3,(H,12,16)(H,14,15)/p-1/t4-/m0/s1. The zero-order chi connectivity index (χ0) is 13.6. The van der Waals surface area contributed by atoms with Crippen molar-refractivity contribution in [3.63, 3.8) is 0 Å².